The van der Waals surface area contributed by atoms with Crippen molar-refractivity contribution in [2.75, 3.05) is 20.0 Å². The van der Waals surface area contributed by atoms with Gasteiger partial charge in [0.1, 0.15) is 0 Å². The number of halogens is 1. The Balaban J connectivity index is 0. The van der Waals surface area contributed by atoms with Crippen molar-refractivity contribution in [2.24, 2.45) is 0 Å². The number of aliphatic hydroxyl groups excluding tert-OH is 1. The van der Waals surface area contributed by atoms with Crippen LogP contribution in [0.5, 0.6) is 0 Å². The lowest BCUT2D eigenvalue weighted by Crippen LogP contribution is -3.00. The first-order valence-corrected chi connectivity index (χ1v) is 5.64. The third-order valence-electron chi connectivity index (χ3n) is 1.12. The molecule has 8 heavy (non-hydrogen) atoms. The topological polar surface area (TPSA) is 20.2 Å². The monoisotopic (exact) mass is 200 g/mol. The van der Waals surface area contributed by atoms with Crippen LogP contribution < -0.4 is 17.0 Å². The minimum atomic E-state index is -0.932. The molecule has 0 spiro atoms. The number of hydrogen-bond acceptors (Lipinski definition) is 1. The van der Waals surface area contributed by atoms with Crippen LogP contribution in [0, 0.1) is 0 Å². The Morgan fingerprint density at radius 2 is 1.38 bits per heavy atom. The summed E-state index contributed by atoms with van der Waals surface area (Å²) in [7, 11) is -0.932. The van der Waals surface area contributed by atoms with Gasteiger partial charge < -0.3 is 22.1 Å². The molecule has 0 fully saturated rings. The zero-order chi connectivity index (χ0) is 6.08. The molecular formula is C5H14BrOP. The summed E-state index contributed by atoms with van der Waals surface area (Å²) in [5, 5.41) is 8.94. The van der Waals surface area contributed by atoms with Crippen LogP contribution in [0.15, 0.2) is 0 Å². The van der Waals surface area contributed by atoms with Crippen molar-refractivity contribution < 1.29 is 22.1 Å². The van der Waals surface area contributed by atoms with E-state index in [0.717, 1.165) is 0 Å². The molecule has 0 aliphatic carbocycles. The van der Waals surface area contributed by atoms with E-state index < -0.39 is 7.26 Å². The van der Waals surface area contributed by atoms with Crippen LogP contribution in [-0.4, -0.2) is 30.9 Å². The third-order valence-corrected chi connectivity index (χ3v) is 3.36. The average Bonchev–Trinajstić information content (AvgIpc) is 1.31. The van der Waals surface area contributed by atoms with Crippen molar-refractivity contribution in [2.45, 2.75) is 12.8 Å². The predicted molar refractivity (Wildman–Crippen MR) is 36.4 cm³/mol. The highest BCUT2D eigenvalue weighted by Crippen LogP contribution is 2.50. The van der Waals surface area contributed by atoms with Crippen molar-refractivity contribution in [3.8, 4) is 0 Å². The second kappa shape index (κ2) is 3.81. The Labute approximate surface area is 62.6 Å². The molecular weight excluding hydrogens is 187 g/mol. The second-order valence-electron chi connectivity index (χ2n) is 2.75. The molecule has 1 N–H and O–H groups in total. The first-order valence-electron chi connectivity index (χ1n) is 2.44. The van der Waals surface area contributed by atoms with Crippen LogP contribution in [0.4, 0.5) is 0 Å². The van der Waals surface area contributed by atoms with Gasteiger partial charge in [-0.2, -0.15) is 0 Å². The molecule has 3 heteroatoms. The van der Waals surface area contributed by atoms with Crippen LogP contribution in [0.1, 0.15) is 6.92 Å². The molecule has 0 aromatic carbocycles. The van der Waals surface area contributed by atoms with Crippen LogP contribution in [0.3, 0.4) is 0 Å². The molecule has 1 nitrogen and oxygen atoms in total. The van der Waals surface area contributed by atoms with E-state index in [9.17, 15) is 0 Å². The van der Waals surface area contributed by atoms with Gasteiger partial charge in [0.15, 0.2) is 5.85 Å². The van der Waals surface area contributed by atoms with Gasteiger partial charge in [0.05, 0.1) is 20.0 Å². The Kier molecular flexibility index (Phi) is 5.55. The smallest absolute Gasteiger partial charge is 0.160 e. The molecule has 0 rings (SSSR count). The van der Waals surface area contributed by atoms with E-state index in [1.54, 1.807) is 0 Å². The molecule has 0 amide bonds. The Morgan fingerprint density at radius 3 is 1.38 bits per heavy atom. The minimum absolute atomic E-state index is 0. The van der Waals surface area contributed by atoms with E-state index in [4.69, 9.17) is 5.11 Å². The van der Waals surface area contributed by atoms with Crippen LogP contribution in [-0.2, 0) is 0 Å². The number of hydrogen-bond donors (Lipinski definition) is 1. The molecule has 0 heterocycles. The summed E-state index contributed by atoms with van der Waals surface area (Å²) in [4.78, 5) is 0. The minimum Gasteiger partial charge on any atom is -1.00 e. The standard InChI is InChI=1S/C5H14OP.BrH/c1-5(6)7(2,3)4;/h5-6H,1-4H3;1H/q+1;/p-1. The number of rotatable bonds is 1. The average molecular weight is 201 g/mol. The van der Waals surface area contributed by atoms with Gasteiger partial charge >= 0.3 is 0 Å². The van der Waals surface area contributed by atoms with E-state index in [2.05, 4.69) is 20.0 Å². The molecule has 1 unspecified atom stereocenters. The first-order chi connectivity index (χ1) is 2.94. The molecule has 0 aromatic rings. The lowest BCUT2D eigenvalue weighted by Gasteiger charge is -2.13. The maximum absolute atomic E-state index is 8.94. The summed E-state index contributed by atoms with van der Waals surface area (Å²) in [6, 6.07) is 0. The quantitative estimate of drug-likeness (QED) is 0.498. The highest BCUT2D eigenvalue weighted by atomic mass is 79.9. The molecule has 0 aromatic heterocycles. The summed E-state index contributed by atoms with van der Waals surface area (Å²) in [6.45, 7) is 8.22. The van der Waals surface area contributed by atoms with Crippen molar-refractivity contribution >= 4 is 7.26 Å². The molecule has 0 bridgehead atoms. The maximum atomic E-state index is 8.94. The van der Waals surface area contributed by atoms with Crippen molar-refractivity contribution in [3.05, 3.63) is 0 Å². The third kappa shape index (κ3) is 5.02. The molecule has 0 aliphatic rings. The van der Waals surface area contributed by atoms with Crippen molar-refractivity contribution in [3.63, 3.8) is 0 Å². The zero-order valence-electron chi connectivity index (χ0n) is 5.85. The Morgan fingerprint density at radius 1 is 1.25 bits per heavy atom. The van der Waals surface area contributed by atoms with Crippen LogP contribution >= 0.6 is 7.26 Å². The second-order valence-corrected chi connectivity index (χ2v) is 7.73. The molecule has 52 valence electrons. The summed E-state index contributed by atoms with van der Waals surface area (Å²) in [6.07, 6.45) is 0. The predicted octanol–water partition coefficient (Wildman–Crippen LogP) is -1.76. The normalized spacial score (nSPS) is 14.6. The van der Waals surface area contributed by atoms with E-state index in [1.807, 2.05) is 6.92 Å². The summed E-state index contributed by atoms with van der Waals surface area (Å²) in [5.41, 5.74) is 0. The Bertz CT molecular complexity index is 57.9. The van der Waals surface area contributed by atoms with Gasteiger partial charge in [-0.05, 0) is 6.92 Å². The lowest BCUT2D eigenvalue weighted by molar-refractivity contribution is -0.00000307. The highest BCUT2D eigenvalue weighted by Gasteiger charge is 2.23. The fourth-order valence-corrected chi connectivity index (χ4v) is 0. The summed E-state index contributed by atoms with van der Waals surface area (Å²) in [5.74, 6) is -0.0903. The first kappa shape index (κ1) is 11.6. The van der Waals surface area contributed by atoms with Crippen LogP contribution in [0.25, 0.3) is 0 Å². The van der Waals surface area contributed by atoms with E-state index >= 15 is 0 Å². The van der Waals surface area contributed by atoms with Gasteiger partial charge in [-0.1, -0.05) is 0 Å². The number of aliphatic hydroxyl groups is 1. The molecule has 1 atom stereocenters. The molecule has 0 saturated carbocycles. The van der Waals surface area contributed by atoms with Crippen LogP contribution in [0.2, 0.25) is 0 Å². The highest BCUT2D eigenvalue weighted by molar-refractivity contribution is 7.74. The van der Waals surface area contributed by atoms with E-state index in [1.165, 1.54) is 0 Å². The van der Waals surface area contributed by atoms with Gasteiger partial charge in [-0.15, -0.1) is 0 Å². The fourth-order valence-electron chi connectivity index (χ4n) is 0. The maximum Gasteiger partial charge on any atom is 0.160 e. The van der Waals surface area contributed by atoms with E-state index in [0.29, 0.717) is 0 Å². The molecule has 0 radical (unpaired) electrons. The Hall–Kier alpha value is 0.870. The van der Waals surface area contributed by atoms with E-state index in [-0.39, 0.29) is 22.8 Å². The SMILES string of the molecule is CC(O)[P+](C)(C)C.[Br-]. The van der Waals surface area contributed by atoms with Gasteiger partial charge in [0, 0.05) is 7.26 Å². The van der Waals surface area contributed by atoms with Crippen molar-refractivity contribution in [1.82, 2.24) is 0 Å². The fraction of sp³-hybridized carbons (Fsp3) is 1.00. The lowest BCUT2D eigenvalue weighted by atomic mass is 10.9. The summed E-state index contributed by atoms with van der Waals surface area (Å²) < 4.78 is 0. The van der Waals surface area contributed by atoms with Crippen molar-refractivity contribution in [1.29, 1.82) is 0 Å². The van der Waals surface area contributed by atoms with Gasteiger partial charge in [-0.3, -0.25) is 0 Å². The largest absolute Gasteiger partial charge is 1.00 e. The van der Waals surface area contributed by atoms with Gasteiger partial charge in [0.2, 0.25) is 0 Å². The van der Waals surface area contributed by atoms with Gasteiger partial charge in [0.25, 0.3) is 0 Å². The molecule has 0 saturated heterocycles. The zero-order valence-corrected chi connectivity index (χ0v) is 8.33. The molecule has 0 aliphatic heterocycles. The summed E-state index contributed by atoms with van der Waals surface area (Å²) >= 11 is 0. The van der Waals surface area contributed by atoms with Gasteiger partial charge in [-0.25, -0.2) is 0 Å².